The fourth-order valence-electron chi connectivity index (χ4n) is 3.28. The van der Waals surface area contributed by atoms with Crippen LogP contribution < -0.4 is 10.9 Å². The number of H-pyrrole nitrogens is 1. The van der Waals surface area contributed by atoms with E-state index in [0.717, 1.165) is 26.1 Å². The summed E-state index contributed by atoms with van der Waals surface area (Å²) in [7, 11) is 0. The third kappa shape index (κ3) is 3.96. The first kappa shape index (κ1) is 17.4. The van der Waals surface area contributed by atoms with E-state index in [4.69, 9.17) is 0 Å². The van der Waals surface area contributed by atoms with Gasteiger partial charge in [-0.15, -0.1) is 0 Å². The molecule has 0 bridgehead atoms. The highest BCUT2D eigenvalue weighted by Gasteiger charge is 2.23. The van der Waals surface area contributed by atoms with Gasteiger partial charge in [-0.3, -0.25) is 14.5 Å². The van der Waals surface area contributed by atoms with E-state index in [2.05, 4.69) is 40.3 Å². The van der Waals surface area contributed by atoms with Gasteiger partial charge in [-0.05, 0) is 38.8 Å². The Morgan fingerprint density at radius 2 is 2.16 bits per heavy atom. The van der Waals surface area contributed by atoms with E-state index in [9.17, 15) is 9.59 Å². The van der Waals surface area contributed by atoms with Gasteiger partial charge in [0.05, 0.1) is 5.39 Å². The maximum Gasteiger partial charge on any atom is 0.272 e. The number of benzene rings is 1. The molecule has 3 rings (SSSR count). The van der Waals surface area contributed by atoms with Crippen molar-refractivity contribution in [2.45, 2.75) is 20.3 Å². The number of carbonyl (C=O) groups is 1. The lowest BCUT2D eigenvalue weighted by Crippen LogP contribution is -2.32. The number of hydrogen-bond acceptors (Lipinski definition) is 4. The number of hydrogen-bond donors (Lipinski definition) is 2. The number of likely N-dealkylation sites (tertiary alicyclic amines) is 1. The molecule has 1 aliphatic heterocycles. The normalized spacial score (nSPS) is 18.6. The molecule has 1 atom stereocenters. The fourth-order valence-corrected chi connectivity index (χ4v) is 3.28. The fraction of sp³-hybridized carbons (Fsp3) is 0.421. The van der Waals surface area contributed by atoms with Crippen molar-refractivity contribution in [3.05, 3.63) is 52.0 Å². The largest absolute Gasteiger partial charge is 0.350 e. The summed E-state index contributed by atoms with van der Waals surface area (Å²) in [4.78, 5) is 26.7. The Kier molecular flexibility index (Phi) is 5.28. The number of rotatable bonds is 5. The number of amides is 1. The third-order valence-electron chi connectivity index (χ3n) is 4.80. The monoisotopic (exact) mass is 340 g/mol. The number of aromatic amines is 1. The van der Waals surface area contributed by atoms with Crippen LogP contribution in [0.5, 0.6) is 0 Å². The molecule has 25 heavy (non-hydrogen) atoms. The minimum atomic E-state index is -0.280. The first-order chi connectivity index (χ1) is 12.1. The zero-order valence-corrected chi connectivity index (χ0v) is 14.7. The second-order valence-electron chi connectivity index (χ2n) is 6.68. The predicted molar refractivity (Wildman–Crippen MR) is 98.7 cm³/mol. The maximum atomic E-state index is 12.5. The van der Waals surface area contributed by atoms with Crippen LogP contribution in [0.25, 0.3) is 10.8 Å². The summed E-state index contributed by atoms with van der Waals surface area (Å²) in [6.45, 7) is 7.87. The highest BCUT2D eigenvalue weighted by molar-refractivity contribution is 6.04. The molecule has 1 aromatic carbocycles. The van der Waals surface area contributed by atoms with Crippen LogP contribution in [0.4, 0.5) is 0 Å². The van der Waals surface area contributed by atoms with Gasteiger partial charge >= 0.3 is 0 Å². The van der Waals surface area contributed by atoms with Gasteiger partial charge in [0.1, 0.15) is 0 Å². The zero-order valence-electron chi connectivity index (χ0n) is 14.7. The molecule has 1 amide bonds. The van der Waals surface area contributed by atoms with Crippen LogP contribution in [0.1, 0.15) is 30.8 Å². The summed E-state index contributed by atoms with van der Waals surface area (Å²) in [5.41, 5.74) is 1.36. The Balaban J connectivity index is 1.63. The van der Waals surface area contributed by atoms with E-state index < -0.39 is 0 Å². The van der Waals surface area contributed by atoms with Crippen molar-refractivity contribution < 1.29 is 4.79 Å². The van der Waals surface area contributed by atoms with Crippen molar-refractivity contribution in [3.63, 3.8) is 0 Å². The molecule has 2 aromatic rings. The molecule has 1 aliphatic rings. The summed E-state index contributed by atoms with van der Waals surface area (Å²) in [5, 5.41) is 10.4. The Morgan fingerprint density at radius 1 is 1.40 bits per heavy atom. The van der Waals surface area contributed by atoms with E-state index in [1.54, 1.807) is 24.3 Å². The summed E-state index contributed by atoms with van der Waals surface area (Å²) < 4.78 is 0. The summed E-state index contributed by atoms with van der Waals surface area (Å²) in [5.74, 6) is 0.207. The van der Waals surface area contributed by atoms with E-state index >= 15 is 0 Å². The number of allylic oxidation sites excluding steroid dienone is 1. The van der Waals surface area contributed by atoms with Crippen LogP contribution in [0, 0.1) is 5.92 Å². The van der Waals surface area contributed by atoms with Crippen LogP contribution in [0.15, 0.2) is 40.7 Å². The molecule has 0 saturated carbocycles. The smallest absolute Gasteiger partial charge is 0.272 e. The minimum absolute atomic E-state index is 0.240. The molecule has 0 radical (unpaired) electrons. The molecule has 2 heterocycles. The van der Waals surface area contributed by atoms with E-state index in [-0.39, 0.29) is 17.2 Å². The molecule has 2 N–H and O–H groups in total. The number of nitrogens with one attached hydrogen (secondary N) is 2. The molecule has 6 heteroatoms. The van der Waals surface area contributed by atoms with Crippen molar-refractivity contribution in [2.24, 2.45) is 5.92 Å². The molecule has 132 valence electrons. The van der Waals surface area contributed by atoms with Crippen LogP contribution >= 0.6 is 0 Å². The average molecular weight is 340 g/mol. The highest BCUT2D eigenvalue weighted by Crippen LogP contribution is 2.17. The van der Waals surface area contributed by atoms with Gasteiger partial charge in [0.2, 0.25) is 0 Å². The van der Waals surface area contributed by atoms with Gasteiger partial charge in [-0.1, -0.05) is 29.8 Å². The summed E-state index contributed by atoms with van der Waals surface area (Å²) in [6.07, 6.45) is 3.22. The van der Waals surface area contributed by atoms with Crippen molar-refractivity contribution in [1.82, 2.24) is 20.4 Å². The zero-order chi connectivity index (χ0) is 17.8. The topological polar surface area (TPSA) is 78.1 Å². The first-order valence-electron chi connectivity index (χ1n) is 8.68. The Bertz CT molecular complexity index is 856. The lowest BCUT2D eigenvalue weighted by atomic mass is 10.1. The number of aromatic nitrogens is 2. The average Bonchev–Trinajstić information content (AvgIpc) is 3.07. The van der Waals surface area contributed by atoms with Crippen LogP contribution in [0.2, 0.25) is 0 Å². The maximum absolute atomic E-state index is 12.5. The van der Waals surface area contributed by atoms with Crippen LogP contribution in [0.3, 0.4) is 0 Å². The lowest BCUT2D eigenvalue weighted by Gasteiger charge is -2.16. The van der Waals surface area contributed by atoms with Crippen molar-refractivity contribution in [3.8, 4) is 0 Å². The standard InChI is InChI=1S/C19H24N4O2/c1-3-13(2)11-23-9-8-14(12-23)10-20-19(25)17-15-6-4-5-7-16(15)18(24)22-21-17/h3-7,14H,8-12H2,1-2H3,(H,20,25)(H,22,24)/b13-3+. The van der Waals surface area contributed by atoms with Gasteiger partial charge in [-0.25, -0.2) is 5.10 Å². The quantitative estimate of drug-likeness (QED) is 0.816. The molecule has 0 aliphatic carbocycles. The van der Waals surface area contributed by atoms with Crippen LogP contribution in [-0.4, -0.2) is 47.2 Å². The Hall–Kier alpha value is -2.47. The SMILES string of the molecule is C/C=C(\C)CN1CCC(CNC(=O)c2n[nH]c(=O)c3ccccc23)C1. The van der Waals surface area contributed by atoms with Gasteiger partial charge in [0.25, 0.3) is 11.5 Å². The van der Waals surface area contributed by atoms with Crippen molar-refractivity contribution >= 4 is 16.7 Å². The molecule has 6 nitrogen and oxygen atoms in total. The molecular weight excluding hydrogens is 316 g/mol. The highest BCUT2D eigenvalue weighted by atomic mass is 16.2. The summed E-state index contributed by atoms with van der Waals surface area (Å²) >= 11 is 0. The molecule has 1 saturated heterocycles. The number of carbonyl (C=O) groups excluding carboxylic acids is 1. The molecule has 1 aromatic heterocycles. The van der Waals surface area contributed by atoms with Gasteiger partial charge in [0.15, 0.2) is 5.69 Å². The molecule has 1 unspecified atom stereocenters. The van der Waals surface area contributed by atoms with Gasteiger partial charge < -0.3 is 5.32 Å². The molecule has 1 fully saturated rings. The Morgan fingerprint density at radius 3 is 2.92 bits per heavy atom. The second-order valence-corrected chi connectivity index (χ2v) is 6.68. The minimum Gasteiger partial charge on any atom is -0.350 e. The van der Waals surface area contributed by atoms with E-state index in [0.29, 0.717) is 23.2 Å². The predicted octanol–water partition coefficient (Wildman–Crippen LogP) is 1.94. The van der Waals surface area contributed by atoms with E-state index in [1.165, 1.54) is 5.57 Å². The third-order valence-corrected chi connectivity index (χ3v) is 4.80. The van der Waals surface area contributed by atoms with Crippen molar-refractivity contribution in [1.29, 1.82) is 0 Å². The second kappa shape index (κ2) is 7.61. The first-order valence-corrected chi connectivity index (χ1v) is 8.68. The van der Waals surface area contributed by atoms with Gasteiger partial charge in [0, 0.05) is 25.0 Å². The van der Waals surface area contributed by atoms with Gasteiger partial charge in [-0.2, -0.15) is 5.10 Å². The number of nitrogens with zero attached hydrogens (tertiary/aromatic N) is 2. The Labute approximate surface area is 146 Å². The van der Waals surface area contributed by atoms with Crippen molar-refractivity contribution in [2.75, 3.05) is 26.2 Å². The molecular formula is C19H24N4O2. The number of fused-ring (bicyclic) bond motifs is 1. The summed E-state index contributed by atoms with van der Waals surface area (Å²) in [6, 6.07) is 7.03. The lowest BCUT2D eigenvalue weighted by molar-refractivity contribution is 0.0943. The van der Waals surface area contributed by atoms with E-state index in [1.807, 2.05) is 0 Å². The molecule has 0 spiro atoms. The van der Waals surface area contributed by atoms with Crippen LogP contribution in [-0.2, 0) is 0 Å².